The summed E-state index contributed by atoms with van der Waals surface area (Å²) < 4.78 is 11.1. The molecule has 1 N–H and O–H groups in total. The van der Waals surface area contributed by atoms with E-state index >= 15 is 0 Å². The normalized spacial score (nSPS) is 13.7. The average Bonchev–Trinajstić information content (AvgIpc) is 2.93. The molecule has 0 spiro atoms. The van der Waals surface area contributed by atoms with Gasteiger partial charge in [-0.3, -0.25) is 9.59 Å². The van der Waals surface area contributed by atoms with Crippen LogP contribution in [-0.4, -0.2) is 24.5 Å². The zero-order valence-corrected chi connectivity index (χ0v) is 14.2. The van der Waals surface area contributed by atoms with Gasteiger partial charge in [-0.1, -0.05) is 0 Å². The van der Waals surface area contributed by atoms with Gasteiger partial charge in [-0.05, 0) is 60.1 Å². The van der Waals surface area contributed by atoms with E-state index in [1.54, 1.807) is 35.2 Å². The third kappa shape index (κ3) is 3.10. The molecule has 0 unspecified atom stereocenters. The van der Waals surface area contributed by atoms with Gasteiger partial charge in [0, 0.05) is 11.7 Å². The van der Waals surface area contributed by atoms with E-state index in [0.29, 0.717) is 21.8 Å². The number of hydrogen-bond acceptors (Lipinski definition) is 4. The summed E-state index contributed by atoms with van der Waals surface area (Å²) in [6.45, 7) is 3.88. The summed E-state index contributed by atoms with van der Waals surface area (Å²) in [6.07, 6.45) is 0. The zero-order valence-electron chi connectivity index (χ0n) is 12.6. The van der Waals surface area contributed by atoms with Crippen LogP contribution in [0.15, 0.2) is 39.4 Å². The van der Waals surface area contributed by atoms with Gasteiger partial charge in [-0.25, -0.2) is 0 Å². The highest BCUT2D eigenvalue weighted by atomic mass is 79.9. The Balaban J connectivity index is 1.88. The molecule has 6 nitrogen and oxygen atoms in total. The van der Waals surface area contributed by atoms with Gasteiger partial charge in [0.2, 0.25) is 0 Å². The lowest BCUT2D eigenvalue weighted by atomic mass is 10.1. The Morgan fingerprint density at radius 3 is 2.74 bits per heavy atom. The largest absolute Gasteiger partial charge is 0.482 e. The molecule has 2 aromatic rings. The number of benzene rings is 1. The van der Waals surface area contributed by atoms with Crippen LogP contribution < -0.4 is 15.0 Å². The van der Waals surface area contributed by atoms with Crippen molar-refractivity contribution < 1.29 is 18.7 Å². The number of fused-ring (bicyclic) bond motifs is 1. The van der Waals surface area contributed by atoms with E-state index in [1.807, 2.05) is 13.8 Å². The number of carbonyl (C=O) groups excluding carboxylic acids is 2. The molecule has 7 heteroatoms. The SMILES string of the molecule is CC(C)N1C(=O)COc2ccc(NC(=O)c3ccc(Br)o3)cc21. The molecule has 3 rings (SSSR count). The lowest BCUT2D eigenvalue weighted by Crippen LogP contribution is -2.43. The van der Waals surface area contributed by atoms with E-state index in [1.165, 1.54) is 0 Å². The predicted molar refractivity (Wildman–Crippen MR) is 88.9 cm³/mol. The minimum atomic E-state index is -0.366. The topological polar surface area (TPSA) is 71.8 Å². The van der Waals surface area contributed by atoms with Crippen LogP contribution in [0, 0.1) is 0 Å². The average molecular weight is 379 g/mol. The van der Waals surface area contributed by atoms with Crippen LogP contribution in [-0.2, 0) is 4.79 Å². The quantitative estimate of drug-likeness (QED) is 0.887. The molecule has 0 fully saturated rings. The van der Waals surface area contributed by atoms with Gasteiger partial charge < -0.3 is 19.4 Å². The van der Waals surface area contributed by atoms with Crippen molar-refractivity contribution in [1.29, 1.82) is 0 Å². The molecule has 1 aliphatic rings. The molecular weight excluding hydrogens is 364 g/mol. The first-order valence-corrected chi connectivity index (χ1v) is 7.90. The van der Waals surface area contributed by atoms with E-state index in [9.17, 15) is 9.59 Å². The number of carbonyl (C=O) groups is 2. The summed E-state index contributed by atoms with van der Waals surface area (Å²) in [4.78, 5) is 25.9. The number of ether oxygens (including phenoxy) is 1. The van der Waals surface area contributed by atoms with Crippen molar-refractivity contribution in [2.75, 3.05) is 16.8 Å². The lowest BCUT2D eigenvalue weighted by Gasteiger charge is -2.32. The van der Waals surface area contributed by atoms with Gasteiger partial charge in [0.15, 0.2) is 17.0 Å². The highest BCUT2D eigenvalue weighted by Crippen LogP contribution is 2.35. The van der Waals surface area contributed by atoms with Crippen molar-refractivity contribution in [2.24, 2.45) is 0 Å². The second-order valence-corrected chi connectivity index (χ2v) is 6.17. The fourth-order valence-corrected chi connectivity index (χ4v) is 2.75. The summed E-state index contributed by atoms with van der Waals surface area (Å²) in [7, 11) is 0. The molecular formula is C16H15BrN2O4. The Kier molecular flexibility index (Phi) is 4.12. The van der Waals surface area contributed by atoms with Gasteiger partial charge in [0.05, 0.1) is 5.69 Å². The summed E-state index contributed by atoms with van der Waals surface area (Å²) >= 11 is 3.16. The molecule has 0 atom stereocenters. The van der Waals surface area contributed by atoms with Crippen molar-refractivity contribution in [3.8, 4) is 5.75 Å². The highest BCUT2D eigenvalue weighted by Gasteiger charge is 2.28. The summed E-state index contributed by atoms with van der Waals surface area (Å²) in [6, 6.07) is 8.41. The maximum Gasteiger partial charge on any atom is 0.291 e. The molecule has 1 aliphatic heterocycles. The second kappa shape index (κ2) is 6.08. The Morgan fingerprint density at radius 2 is 2.09 bits per heavy atom. The van der Waals surface area contributed by atoms with Crippen LogP contribution in [0.1, 0.15) is 24.4 Å². The second-order valence-electron chi connectivity index (χ2n) is 5.39. The number of furan rings is 1. The molecule has 1 aromatic carbocycles. The first-order valence-electron chi connectivity index (χ1n) is 7.11. The molecule has 0 saturated heterocycles. The van der Waals surface area contributed by atoms with Crippen molar-refractivity contribution in [3.05, 3.63) is 40.8 Å². The Morgan fingerprint density at radius 1 is 1.30 bits per heavy atom. The van der Waals surface area contributed by atoms with Crippen LogP contribution in [0.2, 0.25) is 0 Å². The van der Waals surface area contributed by atoms with Crippen LogP contribution in [0.5, 0.6) is 5.75 Å². The lowest BCUT2D eigenvalue weighted by molar-refractivity contribution is -0.121. The third-order valence-corrected chi connectivity index (χ3v) is 3.84. The van der Waals surface area contributed by atoms with E-state index in [0.717, 1.165) is 0 Å². The number of nitrogens with zero attached hydrogens (tertiary/aromatic N) is 1. The first-order chi connectivity index (χ1) is 11.0. The molecule has 2 amide bonds. The summed E-state index contributed by atoms with van der Waals surface area (Å²) in [5.74, 6) is 0.348. The zero-order chi connectivity index (χ0) is 16.6. The van der Waals surface area contributed by atoms with Crippen LogP contribution in [0.3, 0.4) is 0 Å². The number of nitrogens with one attached hydrogen (secondary N) is 1. The molecule has 0 aliphatic carbocycles. The Bertz CT molecular complexity index is 769. The number of hydrogen-bond donors (Lipinski definition) is 1. The minimum Gasteiger partial charge on any atom is -0.482 e. The fourth-order valence-electron chi connectivity index (χ4n) is 2.44. The van der Waals surface area contributed by atoms with E-state index in [-0.39, 0.29) is 30.2 Å². The number of amides is 2. The van der Waals surface area contributed by atoms with Crippen molar-refractivity contribution in [2.45, 2.75) is 19.9 Å². The molecule has 120 valence electrons. The Labute approximate surface area is 141 Å². The van der Waals surface area contributed by atoms with Crippen molar-refractivity contribution in [1.82, 2.24) is 0 Å². The number of anilines is 2. The molecule has 0 saturated carbocycles. The predicted octanol–water partition coefficient (Wildman–Crippen LogP) is 3.43. The number of rotatable bonds is 3. The van der Waals surface area contributed by atoms with Crippen LogP contribution in [0.4, 0.5) is 11.4 Å². The molecule has 1 aromatic heterocycles. The van der Waals surface area contributed by atoms with Gasteiger partial charge in [-0.2, -0.15) is 0 Å². The standard InChI is InChI=1S/C16H15BrN2O4/c1-9(2)19-11-7-10(3-4-12(11)22-8-15(19)20)18-16(21)13-5-6-14(17)23-13/h3-7,9H,8H2,1-2H3,(H,18,21). The highest BCUT2D eigenvalue weighted by molar-refractivity contribution is 9.10. The van der Waals surface area contributed by atoms with Crippen LogP contribution in [0.25, 0.3) is 0 Å². The molecule has 0 radical (unpaired) electrons. The first kappa shape index (κ1) is 15.6. The fraction of sp³-hybridized carbons (Fsp3) is 0.250. The molecule has 23 heavy (non-hydrogen) atoms. The van der Waals surface area contributed by atoms with Crippen molar-refractivity contribution in [3.63, 3.8) is 0 Å². The van der Waals surface area contributed by atoms with Gasteiger partial charge in [0.1, 0.15) is 5.75 Å². The number of halogens is 1. The van der Waals surface area contributed by atoms with E-state index < -0.39 is 0 Å². The van der Waals surface area contributed by atoms with Gasteiger partial charge in [0.25, 0.3) is 11.8 Å². The maximum atomic E-state index is 12.1. The minimum absolute atomic E-state index is 0.00266. The van der Waals surface area contributed by atoms with Gasteiger partial charge in [-0.15, -0.1) is 0 Å². The molecule has 0 bridgehead atoms. The summed E-state index contributed by atoms with van der Waals surface area (Å²) in [5, 5.41) is 2.75. The monoisotopic (exact) mass is 378 g/mol. The van der Waals surface area contributed by atoms with Crippen molar-refractivity contribution >= 4 is 39.1 Å². The van der Waals surface area contributed by atoms with E-state index in [4.69, 9.17) is 9.15 Å². The third-order valence-electron chi connectivity index (χ3n) is 3.41. The Hall–Kier alpha value is -2.28. The smallest absolute Gasteiger partial charge is 0.291 e. The summed E-state index contributed by atoms with van der Waals surface area (Å²) in [5.41, 5.74) is 1.21. The van der Waals surface area contributed by atoms with E-state index in [2.05, 4.69) is 21.2 Å². The maximum absolute atomic E-state index is 12.1. The van der Waals surface area contributed by atoms with Crippen LogP contribution >= 0.6 is 15.9 Å². The molecule has 2 heterocycles. The van der Waals surface area contributed by atoms with Gasteiger partial charge >= 0.3 is 0 Å².